The van der Waals surface area contributed by atoms with Crippen LogP contribution in [0.4, 0.5) is 14.6 Å². The molecule has 0 aliphatic carbocycles. The minimum atomic E-state index is -3.18. The van der Waals surface area contributed by atoms with E-state index in [1.54, 1.807) is 6.92 Å². The molecule has 164 valence electrons. The summed E-state index contributed by atoms with van der Waals surface area (Å²) >= 11 is 7.07. The van der Waals surface area contributed by atoms with E-state index in [9.17, 15) is 22.7 Å². The van der Waals surface area contributed by atoms with E-state index in [-0.39, 0.29) is 34.0 Å². The van der Waals surface area contributed by atoms with Gasteiger partial charge in [-0.1, -0.05) is 11.6 Å². The van der Waals surface area contributed by atoms with Gasteiger partial charge in [-0.2, -0.15) is 8.78 Å². The van der Waals surface area contributed by atoms with Gasteiger partial charge in [0.25, 0.3) is 5.91 Å². The highest BCUT2D eigenvalue weighted by atomic mass is 35.5. The van der Waals surface area contributed by atoms with Gasteiger partial charge in [-0.05, 0) is 6.92 Å². The van der Waals surface area contributed by atoms with Crippen molar-refractivity contribution in [1.29, 1.82) is 0 Å². The van der Waals surface area contributed by atoms with Gasteiger partial charge in [0.05, 0.1) is 17.0 Å². The Balaban J connectivity index is 1.78. The lowest BCUT2D eigenvalue weighted by molar-refractivity contribution is -0.0500. The quantitative estimate of drug-likeness (QED) is 0.508. The highest BCUT2D eigenvalue weighted by Crippen LogP contribution is 2.51. The number of halogens is 3. The second-order valence-corrected chi connectivity index (χ2v) is 9.76. The van der Waals surface area contributed by atoms with Crippen LogP contribution in [0.15, 0.2) is 22.6 Å². The van der Waals surface area contributed by atoms with Crippen LogP contribution in [0.1, 0.15) is 22.4 Å². The van der Waals surface area contributed by atoms with E-state index < -0.39 is 28.8 Å². The molecular formula is C15H17ClF2N6O4S2. The van der Waals surface area contributed by atoms with Crippen LogP contribution < -0.4 is 15.8 Å². The first-order valence-electron chi connectivity index (χ1n) is 8.14. The van der Waals surface area contributed by atoms with Crippen LogP contribution in [0.2, 0.25) is 5.02 Å². The molecule has 3 rings (SSSR count). The van der Waals surface area contributed by atoms with Gasteiger partial charge >= 0.3 is 6.61 Å². The molecule has 5 N–H and O–H groups in total. The molecule has 0 unspecified atom stereocenters. The molecule has 3 heterocycles. The van der Waals surface area contributed by atoms with Crippen LogP contribution in [0, 0.1) is 0 Å². The number of aliphatic imine (C=N–C) groups is 1. The number of aromatic nitrogens is 2. The number of carbonyl (C=O) groups is 1. The molecule has 1 aliphatic heterocycles. The number of anilines is 1. The standard InChI is InChI=1S/C15H17ClF2N6O4S2/c1-15(6-30(26,27)24(2)14(19)23-15)12-22-9(5-29-12)21-11(25)10-8(16)3-7(4-20-10)28-13(17)18/h3-5,13,26-27H,6H2,1-2H3,(H2,19,23)(H,21,25)/t15-/m0/s1. The molecule has 2 aromatic heterocycles. The minimum absolute atomic E-state index is 0.0494. The van der Waals surface area contributed by atoms with Crippen molar-refractivity contribution < 1.29 is 27.4 Å². The Morgan fingerprint density at radius 1 is 1.53 bits per heavy atom. The van der Waals surface area contributed by atoms with Gasteiger partial charge in [0, 0.05) is 18.5 Å². The third-order valence-corrected chi connectivity index (χ3v) is 7.46. The first-order chi connectivity index (χ1) is 13.9. The Labute approximate surface area is 180 Å². The third kappa shape index (κ3) is 4.57. The predicted molar refractivity (Wildman–Crippen MR) is 110 cm³/mol. The fourth-order valence-corrected chi connectivity index (χ4v) is 5.28. The molecule has 0 aromatic carbocycles. The number of rotatable bonds is 5. The number of thiazole rings is 1. The average Bonchev–Trinajstić information content (AvgIpc) is 3.08. The number of amides is 1. The summed E-state index contributed by atoms with van der Waals surface area (Å²) in [6, 6.07) is 1.05. The van der Waals surface area contributed by atoms with Crippen LogP contribution in [0.5, 0.6) is 5.75 Å². The Morgan fingerprint density at radius 3 is 2.83 bits per heavy atom. The van der Waals surface area contributed by atoms with Crippen molar-refractivity contribution in [3.05, 3.63) is 33.4 Å². The lowest BCUT2D eigenvalue weighted by Gasteiger charge is -2.48. The lowest BCUT2D eigenvalue weighted by atomic mass is 10.1. The Kier molecular flexibility index (Phi) is 6.06. The van der Waals surface area contributed by atoms with E-state index in [4.69, 9.17) is 17.3 Å². The second kappa shape index (κ2) is 8.11. The smallest absolute Gasteiger partial charge is 0.387 e. The summed E-state index contributed by atoms with van der Waals surface area (Å²) < 4.78 is 50.3. The normalized spacial score (nSPS) is 21.9. The van der Waals surface area contributed by atoms with E-state index in [0.717, 1.165) is 27.9 Å². The van der Waals surface area contributed by atoms with Gasteiger partial charge in [0.1, 0.15) is 27.8 Å². The Hall–Kier alpha value is -2.26. The van der Waals surface area contributed by atoms with Gasteiger partial charge in [0.2, 0.25) is 5.96 Å². The molecule has 15 heteroatoms. The summed E-state index contributed by atoms with van der Waals surface area (Å²) in [5.74, 6) is -1.03. The summed E-state index contributed by atoms with van der Waals surface area (Å²) in [5.41, 5.74) is 4.48. The van der Waals surface area contributed by atoms with Gasteiger partial charge in [0.15, 0.2) is 0 Å². The van der Waals surface area contributed by atoms with E-state index in [2.05, 4.69) is 25.0 Å². The maximum Gasteiger partial charge on any atom is 0.387 e. The number of pyridine rings is 1. The van der Waals surface area contributed by atoms with Crippen molar-refractivity contribution in [2.45, 2.75) is 19.1 Å². The highest BCUT2D eigenvalue weighted by Gasteiger charge is 2.42. The SMILES string of the molecule is CN1C(N)=N[C@](C)(c2nc(NC(=O)c3ncc(OC(F)F)cc3Cl)cs2)CS1(O)O. The first-order valence-corrected chi connectivity index (χ1v) is 11.1. The fourth-order valence-electron chi connectivity index (χ4n) is 2.60. The second-order valence-electron chi connectivity index (χ2n) is 6.39. The molecule has 0 bridgehead atoms. The molecule has 0 radical (unpaired) electrons. The van der Waals surface area contributed by atoms with E-state index >= 15 is 0 Å². The van der Waals surface area contributed by atoms with Crippen molar-refractivity contribution in [1.82, 2.24) is 14.3 Å². The molecule has 1 aliphatic rings. The maximum absolute atomic E-state index is 12.4. The summed E-state index contributed by atoms with van der Waals surface area (Å²) in [4.78, 5) is 24.8. The van der Waals surface area contributed by atoms with E-state index in [1.807, 2.05) is 0 Å². The zero-order chi connectivity index (χ0) is 22.3. The topological polar surface area (TPSA) is 146 Å². The number of nitrogens with two attached hydrogens (primary N) is 1. The van der Waals surface area contributed by atoms with Crippen LogP contribution in [0.25, 0.3) is 0 Å². The number of hydrogen-bond donors (Lipinski definition) is 4. The monoisotopic (exact) mass is 482 g/mol. The number of alkyl halides is 2. The number of ether oxygens (including phenoxy) is 1. The summed E-state index contributed by atoms with van der Waals surface area (Å²) in [6.07, 6.45) is 0.946. The largest absolute Gasteiger partial charge is 0.433 e. The molecule has 1 atom stereocenters. The van der Waals surface area contributed by atoms with Crippen LogP contribution in [0.3, 0.4) is 0 Å². The maximum atomic E-state index is 12.4. The molecule has 0 fully saturated rings. The van der Waals surface area contributed by atoms with Gasteiger partial charge in [-0.15, -0.1) is 22.1 Å². The van der Waals surface area contributed by atoms with Crippen molar-refractivity contribution in [3.8, 4) is 5.75 Å². The molecular weight excluding hydrogens is 466 g/mol. The van der Waals surface area contributed by atoms with Crippen LogP contribution in [-0.4, -0.2) is 54.7 Å². The summed E-state index contributed by atoms with van der Waals surface area (Å²) in [6.45, 7) is -1.40. The van der Waals surface area contributed by atoms with Crippen LogP contribution in [-0.2, 0) is 5.54 Å². The predicted octanol–water partition coefficient (Wildman–Crippen LogP) is 3.19. The van der Waals surface area contributed by atoms with E-state index in [0.29, 0.717) is 5.01 Å². The number of guanidine groups is 1. The van der Waals surface area contributed by atoms with Crippen molar-refractivity contribution in [3.63, 3.8) is 0 Å². The summed E-state index contributed by atoms with van der Waals surface area (Å²) in [5, 5.41) is 4.23. The van der Waals surface area contributed by atoms with Crippen molar-refractivity contribution in [2.24, 2.45) is 10.7 Å². The molecule has 0 saturated carbocycles. The van der Waals surface area contributed by atoms with Gasteiger partial charge < -0.3 is 15.8 Å². The Bertz CT molecular complexity index is 1010. The fraction of sp³-hybridized carbons (Fsp3) is 0.333. The molecule has 2 aromatic rings. The summed E-state index contributed by atoms with van der Waals surface area (Å²) in [7, 11) is -1.75. The molecule has 10 nitrogen and oxygen atoms in total. The molecule has 0 saturated heterocycles. The number of carbonyl (C=O) groups excluding carboxylic acids is 1. The molecule has 1 amide bonds. The lowest BCUT2D eigenvalue weighted by Crippen LogP contribution is -2.47. The average molecular weight is 483 g/mol. The third-order valence-electron chi connectivity index (χ3n) is 4.06. The highest BCUT2D eigenvalue weighted by molar-refractivity contribution is 8.22. The van der Waals surface area contributed by atoms with Crippen molar-refractivity contribution in [2.75, 3.05) is 18.1 Å². The Morgan fingerprint density at radius 2 is 2.23 bits per heavy atom. The van der Waals surface area contributed by atoms with E-state index in [1.165, 1.54) is 12.4 Å². The van der Waals surface area contributed by atoms with Gasteiger partial charge in [-0.25, -0.2) is 19.3 Å². The number of nitrogens with one attached hydrogen (secondary N) is 1. The minimum Gasteiger partial charge on any atom is -0.433 e. The number of nitrogens with zero attached hydrogens (tertiary/aromatic N) is 4. The first kappa shape index (κ1) is 22.4. The zero-order valence-corrected chi connectivity index (χ0v) is 17.9. The molecule has 30 heavy (non-hydrogen) atoms. The van der Waals surface area contributed by atoms with Crippen LogP contribution >= 0.6 is 33.7 Å². The zero-order valence-electron chi connectivity index (χ0n) is 15.5. The van der Waals surface area contributed by atoms with Crippen molar-refractivity contribution >= 4 is 51.4 Å². The molecule has 0 spiro atoms. The number of hydrogen-bond acceptors (Lipinski definition) is 10. The van der Waals surface area contributed by atoms with Gasteiger partial charge in [-0.3, -0.25) is 13.9 Å².